The minimum atomic E-state index is -0.171. The van der Waals surface area contributed by atoms with Gasteiger partial charge in [-0.1, -0.05) is 59.1 Å². The smallest absolute Gasteiger partial charge is 0.231 e. The van der Waals surface area contributed by atoms with Gasteiger partial charge in [-0.3, -0.25) is 9.69 Å². The van der Waals surface area contributed by atoms with Gasteiger partial charge < -0.3 is 9.47 Å². The van der Waals surface area contributed by atoms with E-state index in [1.807, 2.05) is 37.3 Å². The summed E-state index contributed by atoms with van der Waals surface area (Å²) in [6.45, 7) is 3.86. The van der Waals surface area contributed by atoms with Gasteiger partial charge in [0.05, 0.1) is 5.56 Å². The first-order valence-corrected chi connectivity index (χ1v) is 11.7. The van der Waals surface area contributed by atoms with Crippen LogP contribution in [-0.2, 0) is 13.0 Å². The molecule has 3 aromatic carbocycles. The van der Waals surface area contributed by atoms with Gasteiger partial charge in [0.15, 0.2) is 5.76 Å². The van der Waals surface area contributed by atoms with E-state index in [4.69, 9.17) is 44.3 Å². The van der Waals surface area contributed by atoms with Crippen molar-refractivity contribution < 1.29 is 14.3 Å². The molecule has 7 heteroatoms. The fourth-order valence-electron chi connectivity index (χ4n) is 4.18. The first kappa shape index (κ1) is 22.3. The average Bonchev–Trinajstić information content (AvgIpc) is 3.11. The van der Waals surface area contributed by atoms with E-state index in [9.17, 15) is 4.79 Å². The van der Waals surface area contributed by atoms with Crippen molar-refractivity contribution in [2.45, 2.75) is 19.9 Å². The van der Waals surface area contributed by atoms with Crippen LogP contribution >= 0.6 is 34.8 Å². The van der Waals surface area contributed by atoms with Gasteiger partial charge in [0.1, 0.15) is 18.2 Å². The summed E-state index contributed by atoms with van der Waals surface area (Å²) >= 11 is 18.5. The molecule has 168 valence electrons. The van der Waals surface area contributed by atoms with Gasteiger partial charge in [-0.05, 0) is 54.8 Å². The largest absolute Gasteiger partial charge is 0.477 e. The lowest BCUT2D eigenvalue weighted by molar-refractivity contribution is 0.0954. The molecule has 0 N–H and O–H groups in total. The van der Waals surface area contributed by atoms with Crippen LogP contribution in [0, 0.1) is 6.92 Å². The van der Waals surface area contributed by atoms with Crippen molar-refractivity contribution in [3.8, 4) is 11.5 Å². The van der Waals surface area contributed by atoms with Gasteiger partial charge in [-0.2, -0.15) is 0 Å². The maximum atomic E-state index is 13.1. The molecule has 0 aliphatic carbocycles. The van der Waals surface area contributed by atoms with Crippen LogP contribution < -0.4 is 9.47 Å². The number of hydrogen-bond donors (Lipinski definition) is 0. The predicted octanol–water partition coefficient (Wildman–Crippen LogP) is 6.97. The number of allylic oxidation sites excluding steroid dienone is 1. The van der Waals surface area contributed by atoms with Crippen LogP contribution in [0.25, 0.3) is 6.08 Å². The number of halogens is 3. The van der Waals surface area contributed by atoms with E-state index in [0.717, 1.165) is 40.4 Å². The molecule has 4 nitrogen and oxygen atoms in total. The third kappa shape index (κ3) is 4.36. The number of ether oxygens (including phenoxy) is 2. The summed E-state index contributed by atoms with van der Waals surface area (Å²) in [6, 6.07) is 14.9. The van der Waals surface area contributed by atoms with Crippen LogP contribution in [0.1, 0.15) is 32.6 Å². The SMILES string of the molecule is Cc1c2c(cc3c1O/C(=C\c1ccc(Cl)cc1Cl)C3=O)CN(CCc1ccccc1Cl)CO2. The van der Waals surface area contributed by atoms with Gasteiger partial charge in [-0.25, -0.2) is 0 Å². The van der Waals surface area contributed by atoms with Gasteiger partial charge in [0, 0.05) is 39.3 Å². The molecule has 2 aliphatic heterocycles. The minimum absolute atomic E-state index is 0.171. The molecule has 0 bridgehead atoms. The summed E-state index contributed by atoms with van der Waals surface area (Å²) in [5, 5.41) is 1.76. The monoisotopic (exact) mass is 499 g/mol. The summed E-state index contributed by atoms with van der Waals surface area (Å²) in [5.74, 6) is 1.38. The van der Waals surface area contributed by atoms with Crippen LogP contribution in [0.4, 0.5) is 0 Å². The molecular formula is C26H20Cl3NO3. The Bertz CT molecular complexity index is 1300. The molecule has 0 radical (unpaired) electrons. The summed E-state index contributed by atoms with van der Waals surface area (Å²) in [6.07, 6.45) is 2.47. The molecule has 5 rings (SSSR count). The van der Waals surface area contributed by atoms with E-state index < -0.39 is 0 Å². The number of Topliss-reactive ketones (excluding diaryl/α,β-unsaturated/α-hetero) is 1. The van der Waals surface area contributed by atoms with E-state index in [1.54, 1.807) is 24.3 Å². The minimum Gasteiger partial charge on any atom is -0.477 e. The lowest BCUT2D eigenvalue weighted by Crippen LogP contribution is -2.34. The standard InChI is InChI=1S/C26H20Cl3NO3/c1-15-25-18(13-30(14-32-25)9-8-16-4-2-3-5-21(16)28)10-20-24(31)23(33-26(15)20)11-17-6-7-19(27)12-22(17)29/h2-7,10-12H,8-9,13-14H2,1H3/b23-11-. The van der Waals surface area contributed by atoms with Crippen molar-refractivity contribution in [3.05, 3.63) is 97.2 Å². The third-order valence-corrected chi connectivity index (χ3v) is 6.84. The first-order chi connectivity index (χ1) is 15.9. The zero-order valence-corrected chi connectivity index (χ0v) is 20.1. The van der Waals surface area contributed by atoms with Gasteiger partial charge in [0.25, 0.3) is 0 Å². The molecule has 2 heterocycles. The van der Waals surface area contributed by atoms with Gasteiger partial charge >= 0.3 is 0 Å². The lowest BCUT2D eigenvalue weighted by atomic mass is 10.00. The van der Waals surface area contributed by atoms with Crippen LogP contribution in [0.5, 0.6) is 11.5 Å². The number of nitrogens with zero attached hydrogens (tertiary/aromatic N) is 1. The summed E-state index contributed by atoms with van der Waals surface area (Å²) in [5.41, 5.74) is 4.11. The Morgan fingerprint density at radius 3 is 2.64 bits per heavy atom. The van der Waals surface area contributed by atoms with E-state index in [1.165, 1.54) is 0 Å². The van der Waals surface area contributed by atoms with Crippen LogP contribution in [0.2, 0.25) is 15.1 Å². The molecular weight excluding hydrogens is 481 g/mol. The molecule has 0 saturated heterocycles. The highest BCUT2D eigenvalue weighted by atomic mass is 35.5. The van der Waals surface area contributed by atoms with Crippen LogP contribution in [0.15, 0.2) is 54.3 Å². The highest BCUT2D eigenvalue weighted by Crippen LogP contribution is 2.43. The van der Waals surface area contributed by atoms with Crippen molar-refractivity contribution in [2.75, 3.05) is 13.3 Å². The molecule has 0 unspecified atom stereocenters. The predicted molar refractivity (Wildman–Crippen MR) is 132 cm³/mol. The molecule has 0 spiro atoms. The number of ketones is 1. The lowest BCUT2D eigenvalue weighted by Gasteiger charge is -2.30. The van der Waals surface area contributed by atoms with E-state index in [2.05, 4.69) is 4.90 Å². The number of carbonyl (C=O) groups is 1. The molecule has 0 atom stereocenters. The Labute approximate surface area is 207 Å². The Morgan fingerprint density at radius 2 is 1.85 bits per heavy atom. The van der Waals surface area contributed by atoms with Crippen molar-refractivity contribution in [3.63, 3.8) is 0 Å². The zero-order valence-electron chi connectivity index (χ0n) is 17.8. The maximum absolute atomic E-state index is 13.1. The summed E-state index contributed by atoms with van der Waals surface area (Å²) in [7, 11) is 0. The quantitative estimate of drug-likeness (QED) is 0.363. The second-order valence-corrected chi connectivity index (χ2v) is 9.39. The van der Waals surface area contributed by atoms with Crippen LogP contribution in [-0.4, -0.2) is 24.0 Å². The van der Waals surface area contributed by atoms with Crippen molar-refractivity contribution >= 4 is 46.7 Å². The Morgan fingerprint density at radius 1 is 1.03 bits per heavy atom. The Balaban J connectivity index is 1.38. The number of benzene rings is 3. The van der Waals surface area contributed by atoms with Gasteiger partial charge in [0.2, 0.25) is 5.78 Å². The normalized spacial score (nSPS) is 16.4. The van der Waals surface area contributed by atoms with Crippen molar-refractivity contribution in [1.29, 1.82) is 0 Å². The average molecular weight is 501 g/mol. The van der Waals surface area contributed by atoms with Gasteiger partial charge in [-0.15, -0.1) is 0 Å². The van der Waals surface area contributed by atoms with E-state index in [-0.39, 0.29) is 11.5 Å². The highest BCUT2D eigenvalue weighted by Gasteiger charge is 2.33. The van der Waals surface area contributed by atoms with E-state index in [0.29, 0.717) is 40.2 Å². The highest BCUT2D eigenvalue weighted by molar-refractivity contribution is 6.35. The van der Waals surface area contributed by atoms with Crippen LogP contribution in [0.3, 0.4) is 0 Å². The topological polar surface area (TPSA) is 38.8 Å². The second kappa shape index (κ2) is 9.03. The molecule has 0 aromatic heterocycles. The Hall–Kier alpha value is -2.50. The molecule has 0 amide bonds. The molecule has 2 aliphatic rings. The number of hydrogen-bond acceptors (Lipinski definition) is 4. The summed E-state index contributed by atoms with van der Waals surface area (Å²) in [4.78, 5) is 15.3. The molecule has 0 fully saturated rings. The van der Waals surface area contributed by atoms with Crippen molar-refractivity contribution in [1.82, 2.24) is 4.90 Å². The van der Waals surface area contributed by atoms with E-state index >= 15 is 0 Å². The maximum Gasteiger partial charge on any atom is 0.231 e. The molecule has 0 saturated carbocycles. The Kier molecular flexibility index (Phi) is 6.11. The number of carbonyl (C=O) groups excluding carboxylic acids is 1. The number of rotatable bonds is 4. The number of fused-ring (bicyclic) bond motifs is 2. The fourth-order valence-corrected chi connectivity index (χ4v) is 4.87. The second-order valence-electron chi connectivity index (χ2n) is 8.14. The zero-order chi connectivity index (χ0) is 23.1. The molecule has 3 aromatic rings. The third-order valence-electron chi connectivity index (χ3n) is 5.91. The summed E-state index contributed by atoms with van der Waals surface area (Å²) < 4.78 is 12.0. The molecule has 33 heavy (non-hydrogen) atoms. The fraction of sp³-hybridized carbons (Fsp3) is 0.192. The first-order valence-electron chi connectivity index (χ1n) is 10.5. The van der Waals surface area contributed by atoms with Crippen molar-refractivity contribution in [2.24, 2.45) is 0 Å².